The normalized spacial score (nSPS) is 40.4. The molecular weight excluding hydrogens is 232 g/mol. The highest BCUT2D eigenvalue weighted by Crippen LogP contribution is 2.39. The third kappa shape index (κ3) is 3.61. The molecule has 0 radical (unpaired) electrons. The summed E-state index contributed by atoms with van der Waals surface area (Å²) in [5.74, 6) is 4.66. The van der Waals surface area contributed by atoms with Gasteiger partial charge in [-0.15, -0.1) is 0 Å². The summed E-state index contributed by atoms with van der Waals surface area (Å²) in [6.07, 6.45) is 8.49. The lowest BCUT2D eigenvalue weighted by Gasteiger charge is -2.35. The minimum atomic E-state index is 0.395. The lowest BCUT2D eigenvalue weighted by molar-refractivity contribution is -0.130. The average molecular weight is 264 g/mol. The Labute approximate surface area is 119 Å². The van der Waals surface area contributed by atoms with E-state index in [0.717, 1.165) is 36.5 Å². The maximum Gasteiger partial charge on any atom is 0.139 e. The Morgan fingerprint density at radius 3 is 1.95 bits per heavy atom. The second-order valence-corrected chi connectivity index (χ2v) is 7.72. The highest BCUT2D eigenvalue weighted by molar-refractivity contribution is 5.83. The predicted octanol–water partition coefficient (Wildman–Crippen LogP) is 5.09. The van der Waals surface area contributed by atoms with Crippen LogP contribution in [-0.2, 0) is 4.79 Å². The molecule has 2 aliphatic carbocycles. The molecule has 0 aromatic rings. The minimum absolute atomic E-state index is 0.395. The van der Waals surface area contributed by atoms with Crippen molar-refractivity contribution in [3.05, 3.63) is 0 Å². The van der Waals surface area contributed by atoms with Crippen LogP contribution in [-0.4, -0.2) is 5.78 Å². The van der Waals surface area contributed by atoms with E-state index in [1.807, 2.05) is 0 Å². The van der Waals surface area contributed by atoms with E-state index < -0.39 is 0 Å². The van der Waals surface area contributed by atoms with E-state index >= 15 is 0 Å². The van der Waals surface area contributed by atoms with E-state index in [-0.39, 0.29) is 0 Å². The highest BCUT2D eigenvalue weighted by Gasteiger charge is 2.35. The van der Waals surface area contributed by atoms with Crippen molar-refractivity contribution < 1.29 is 4.79 Å². The first-order chi connectivity index (χ1) is 8.99. The number of Topliss-reactive ketones (excluding diaryl/α,β-unsaturated/α-hetero) is 1. The van der Waals surface area contributed by atoms with Crippen molar-refractivity contribution in [2.75, 3.05) is 0 Å². The Morgan fingerprint density at radius 1 is 0.842 bits per heavy atom. The van der Waals surface area contributed by atoms with Gasteiger partial charge in [0.1, 0.15) is 5.78 Å². The van der Waals surface area contributed by atoms with Crippen LogP contribution in [0.15, 0.2) is 0 Å². The zero-order valence-electron chi connectivity index (χ0n) is 13.3. The third-order valence-corrected chi connectivity index (χ3v) is 6.12. The Balaban J connectivity index is 1.84. The summed E-state index contributed by atoms with van der Waals surface area (Å²) in [7, 11) is 0. The molecular formula is C18H32O. The molecule has 19 heavy (non-hydrogen) atoms. The molecule has 1 heteroatoms. The maximum absolute atomic E-state index is 12.7. The van der Waals surface area contributed by atoms with Crippen molar-refractivity contribution in [3.63, 3.8) is 0 Å². The van der Waals surface area contributed by atoms with E-state index in [2.05, 4.69) is 27.7 Å². The second-order valence-electron chi connectivity index (χ2n) is 7.72. The van der Waals surface area contributed by atoms with Crippen LogP contribution in [0, 0.1) is 35.5 Å². The van der Waals surface area contributed by atoms with E-state index in [1.165, 1.54) is 32.1 Å². The van der Waals surface area contributed by atoms with Gasteiger partial charge in [-0.1, -0.05) is 27.7 Å². The van der Waals surface area contributed by atoms with Crippen molar-refractivity contribution in [2.45, 2.75) is 72.6 Å². The van der Waals surface area contributed by atoms with Gasteiger partial charge in [0.2, 0.25) is 0 Å². The van der Waals surface area contributed by atoms with Crippen LogP contribution in [0.1, 0.15) is 72.6 Å². The molecule has 0 aromatic carbocycles. The Bertz CT molecular complexity index is 299. The van der Waals surface area contributed by atoms with Crippen molar-refractivity contribution >= 4 is 5.78 Å². The quantitative estimate of drug-likeness (QED) is 0.694. The Morgan fingerprint density at radius 2 is 1.42 bits per heavy atom. The van der Waals surface area contributed by atoms with Crippen LogP contribution < -0.4 is 0 Å². The minimum Gasteiger partial charge on any atom is -0.299 e. The fourth-order valence-electron chi connectivity index (χ4n) is 4.21. The van der Waals surface area contributed by atoms with Crippen LogP contribution >= 0.6 is 0 Å². The molecule has 0 N–H and O–H groups in total. The summed E-state index contributed by atoms with van der Waals surface area (Å²) < 4.78 is 0. The highest BCUT2D eigenvalue weighted by atomic mass is 16.1. The maximum atomic E-state index is 12.7. The molecule has 3 atom stereocenters. The molecule has 2 aliphatic rings. The van der Waals surface area contributed by atoms with Crippen molar-refractivity contribution in [1.82, 2.24) is 0 Å². The van der Waals surface area contributed by atoms with Gasteiger partial charge in [-0.05, 0) is 68.6 Å². The smallest absolute Gasteiger partial charge is 0.139 e. The first-order valence-corrected chi connectivity index (χ1v) is 8.52. The molecule has 3 unspecified atom stereocenters. The second kappa shape index (κ2) is 6.41. The van der Waals surface area contributed by atoms with Crippen molar-refractivity contribution in [3.8, 4) is 0 Å². The topological polar surface area (TPSA) is 17.1 Å². The molecule has 110 valence electrons. The zero-order chi connectivity index (χ0) is 14.0. The molecule has 0 bridgehead atoms. The van der Waals surface area contributed by atoms with Crippen LogP contribution in [0.25, 0.3) is 0 Å². The Kier molecular flexibility index (Phi) is 5.09. The van der Waals surface area contributed by atoms with Gasteiger partial charge in [-0.25, -0.2) is 0 Å². The van der Waals surface area contributed by atoms with Gasteiger partial charge in [0.05, 0.1) is 0 Å². The fraction of sp³-hybridized carbons (Fsp3) is 0.944. The van der Waals surface area contributed by atoms with Gasteiger partial charge >= 0.3 is 0 Å². The number of carbonyl (C=O) groups excluding carboxylic acids is 1. The third-order valence-electron chi connectivity index (χ3n) is 6.12. The van der Waals surface area contributed by atoms with Crippen molar-refractivity contribution in [2.24, 2.45) is 35.5 Å². The zero-order valence-corrected chi connectivity index (χ0v) is 13.3. The van der Waals surface area contributed by atoms with Gasteiger partial charge in [-0.2, -0.15) is 0 Å². The number of rotatable bonds is 3. The summed E-state index contributed by atoms with van der Waals surface area (Å²) in [5.41, 5.74) is 0. The Hall–Kier alpha value is -0.330. The van der Waals surface area contributed by atoms with E-state index in [9.17, 15) is 4.79 Å². The van der Waals surface area contributed by atoms with E-state index in [4.69, 9.17) is 0 Å². The van der Waals surface area contributed by atoms with E-state index in [1.54, 1.807) is 0 Å². The standard InChI is InChI=1S/C18H32O/c1-12(2)15-7-9-16(10-8-15)18(19)17-6-5-13(3)14(4)11-17/h12-17H,5-11H2,1-4H3. The van der Waals surface area contributed by atoms with Crippen LogP contribution in [0.4, 0.5) is 0 Å². The van der Waals surface area contributed by atoms with Crippen LogP contribution in [0.5, 0.6) is 0 Å². The SMILES string of the molecule is CC(C)C1CCC(C(=O)C2CCC(C)C(C)C2)CC1. The molecule has 0 saturated heterocycles. The molecule has 0 spiro atoms. The lowest BCUT2D eigenvalue weighted by atomic mass is 9.68. The molecule has 2 rings (SSSR count). The van der Waals surface area contributed by atoms with E-state index in [0.29, 0.717) is 17.6 Å². The molecule has 0 heterocycles. The number of ketones is 1. The van der Waals surface area contributed by atoms with Gasteiger partial charge < -0.3 is 0 Å². The molecule has 1 nitrogen and oxygen atoms in total. The van der Waals surface area contributed by atoms with Gasteiger partial charge in [0.15, 0.2) is 0 Å². The number of hydrogen-bond acceptors (Lipinski definition) is 1. The summed E-state index contributed by atoms with van der Waals surface area (Å²) in [5, 5.41) is 0. The molecule has 2 fully saturated rings. The lowest BCUT2D eigenvalue weighted by Crippen LogP contribution is -2.33. The molecule has 0 amide bonds. The number of carbonyl (C=O) groups is 1. The molecule has 0 aliphatic heterocycles. The molecule has 2 saturated carbocycles. The predicted molar refractivity (Wildman–Crippen MR) is 81.0 cm³/mol. The van der Waals surface area contributed by atoms with Crippen LogP contribution in [0.2, 0.25) is 0 Å². The average Bonchev–Trinajstić information content (AvgIpc) is 2.41. The van der Waals surface area contributed by atoms with Gasteiger partial charge in [0.25, 0.3) is 0 Å². The van der Waals surface area contributed by atoms with Gasteiger partial charge in [-0.3, -0.25) is 4.79 Å². The first kappa shape index (κ1) is 15.1. The van der Waals surface area contributed by atoms with Gasteiger partial charge in [0, 0.05) is 11.8 Å². The molecule has 0 aromatic heterocycles. The first-order valence-electron chi connectivity index (χ1n) is 8.52. The van der Waals surface area contributed by atoms with Crippen molar-refractivity contribution in [1.29, 1.82) is 0 Å². The summed E-state index contributed by atoms with van der Waals surface area (Å²) >= 11 is 0. The van der Waals surface area contributed by atoms with Crippen LogP contribution in [0.3, 0.4) is 0 Å². The summed E-state index contributed by atoms with van der Waals surface area (Å²) in [6.45, 7) is 9.34. The monoisotopic (exact) mass is 264 g/mol. The largest absolute Gasteiger partial charge is 0.299 e. The number of hydrogen-bond donors (Lipinski definition) is 0. The summed E-state index contributed by atoms with van der Waals surface area (Å²) in [4.78, 5) is 12.7. The fourth-order valence-corrected chi connectivity index (χ4v) is 4.21. The summed E-state index contributed by atoms with van der Waals surface area (Å²) in [6, 6.07) is 0.